The SMILES string of the molecule is Cc1nc([C@@H]2CCCN(Cc3ccccc3F)C2)c2ccccn12. The zero-order valence-electron chi connectivity index (χ0n) is 14.0. The molecular formula is C20H22FN3. The van der Waals surface area contributed by atoms with Gasteiger partial charge >= 0.3 is 0 Å². The maximum absolute atomic E-state index is 13.9. The van der Waals surface area contributed by atoms with Gasteiger partial charge in [0.25, 0.3) is 0 Å². The number of imidazole rings is 1. The Kier molecular flexibility index (Phi) is 4.07. The molecule has 0 unspecified atom stereocenters. The van der Waals surface area contributed by atoms with Crippen molar-refractivity contribution in [3.8, 4) is 0 Å². The summed E-state index contributed by atoms with van der Waals surface area (Å²) in [6.07, 6.45) is 4.35. The molecule has 0 amide bonds. The first-order valence-electron chi connectivity index (χ1n) is 8.62. The maximum atomic E-state index is 13.9. The van der Waals surface area contributed by atoms with Crippen LogP contribution in [0.3, 0.4) is 0 Å². The number of benzene rings is 1. The molecule has 1 atom stereocenters. The third-order valence-electron chi connectivity index (χ3n) is 5.00. The fraction of sp³-hybridized carbons (Fsp3) is 0.350. The van der Waals surface area contributed by atoms with E-state index in [1.807, 2.05) is 18.2 Å². The number of rotatable bonds is 3. The van der Waals surface area contributed by atoms with Gasteiger partial charge in [-0.15, -0.1) is 0 Å². The molecule has 1 aliphatic heterocycles. The van der Waals surface area contributed by atoms with Crippen molar-refractivity contribution in [1.29, 1.82) is 0 Å². The second kappa shape index (κ2) is 6.36. The van der Waals surface area contributed by atoms with E-state index in [4.69, 9.17) is 4.98 Å². The number of hydrogen-bond donors (Lipinski definition) is 0. The summed E-state index contributed by atoms with van der Waals surface area (Å²) in [7, 11) is 0. The summed E-state index contributed by atoms with van der Waals surface area (Å²) < 4.78 is 16.1. The highest BCUT2D eigenvalue weighted by molar-refractivity contribution is 5.54. The number of aromatic nitrogens is 2. The van der Waals surface area contributed by atoms with Gasteiger partial charge in [-0.2, -0.15) is 0 Å². The second-order valence-corrected chi connectivity index (χ2v) is 6.67. The molecule has 0 radical (unpaired) electrons. The van der Waals surface area contributed by atoms with Crippen LogP contribution in [0.2, 0.25) is 0 Å². The van der Waals surface area contributed by atoms with Gasteiger partial charge in [-0.25, -0.2) is 9.37 Å². The molecule has 3 nitrogen and oxygen atoms in total. The van der Waals surface area contributed by atoms with Gasteiger partial charge in [0.05, 0.1) is 11.2 Å². The summed E-state index contributed by atoms with van der Waals surface area (Å²) >= 11 is 0. The molecule has 4 heteroatoms. The fourth-order valence-corrected chi connectivity index (χ4v) is 3.81. The normalized spacial score (nSPS) is 19.0. The molecule has 3 aromatic rings. The summed E-state index contributed by atoms with van der Waals surface area (Å²) in [6, 6.07) is 13.3. The number of nitrogens with zero attached hydrogens (tertiary/aromatic N) is 3. The summed E-state index contributed by atoms with van der Waals surface area (Å²) in [5.74, 6) is 1.34. The number of hydrogen-bond acceptors (Lipinski definition) is 2. The van der Waals surface area contributed by atoms with Gasteiger partial charge in [-0.1, -0.05) is 24.3 Å². The second-order valence-electron chi connectivity index (χ2n) is 6.67. The zero-order chi connectivity index (χ0) is 16.5. The highest BCUT2D eigenvalue weighted by Crippen LogP contribution is 2.30. The van der Waals surface area contributed by atoms with Crippen LogP contribution in [-0.2, 0) is 6.54 Å². The van der Waals surface area contributed by atoms with Crippen LogP contribution in [0, 0.1) is 12.7 Å². The van der Waals surface area contributed by atoms with Gasteiger partial charge in [0, 0.05) is 30.8 Å². The van der Waals surface area contributed by atoms with Crippen LogP contribution in [0.5, 0.6) is 0 Å². The average Bonchev–Trinajstić information content (AvgIpc) is 2.95. The molecular weight excluding hydrogens is 301 g/mol. The van der Waals surface area contributed by atoms with Crippen molar-refractivity contribution >= 4 is 5.52 Å². The van der Waals surface area contributed by atoms with Crippen molar-refractivity contribution in [2.75, 3.05) is 13.1 Å². The number of fused-ring (bicyclic) bond motifs is 1. The summed E-state index contributed by atoms with van der Waals surface area (Å²) in [6.45, 7) is 4.69. The van der Waals surface area contributed by atoms with E-state index < -0.39 is 0 Å². The van der Waals surface area contributed by atoms with Crippen LogP contribution in [-0.4, -0.2) is 27.4 Å². The molecule has 0 N–H and O–H groups in total. The van der Waals surface area contributed by atoms with Crippen LogP contribution < -0.4 is 0 Å². The van der Waals surface area contributed by atoms with Gasteiger partial charge in [-0.3, -0.25) is 4.90 Å². The van der Waals surface area contributed by atoms with Crippen LogP contribution in [0.1, 0.15) is 35.8 Å². The highest BCUT2D eigenvalue weighted by atomic mass is 19.1. The van der Waals surface area contributed by atoms with Crippen LogP contribution >= 0.6 is 0 Å². The molecule has 0 spiro atoms. The molecule has 4 rings (SSSR count). The minimum absolute atomic E-state index is 0.108. The number of likely N-dealkylation sites (tertiary alicyclic amines) is 1. The Bertz CT molecular complexity index is 855. The van der Waals surface area contributed by atoms with E-state index >= 15 is 0 Å². The predicted octanol–water partition coefficient (Wildman–Crippen LogP) is 4.16. The van der Waals surface area contributed by atoms with E-state index in [0.29, 0.717) is 12.5 Å². The topological polar surface area (TPSA) is 20.5 Å². The summed E-state index contributed by atoms with van der Waals surface area (Å²) in [5, 5.41) is 0. The van der Waals surface area contributed by atoms with Crippen LogP contribution in [0.25, 0.3) is 5.52 Å². The van der Waals surface area contributed by atoms with Gasteiger partial charge < -0.3 is 4.40 Å². The quantitative estimate of drug-likeness (QED) is 0.721. The number of aryl methyl sites for hydroxylation is 1. The molecule has 0 bridgehead atoms. The molecule has 1 fully saturated rings. The maximum Gasteiger partial charge on any atom is 0.127 e. The minimum atomic E-state index is -0.108. The molecule has 1 saturated heterocycles. The molecule has 24 heavy (non-hydrogen) atoms. The van der Waals surface area contributed by atoms with Crippen molar-refractivity contribution in [2.24, 2.45) is 0 Å². The summed E-state index contributed by atoms with van der Waals surface area (Å²) in [5.41, 5.74) is 3.17. The Hall–Kier alpha value is -2.20. The van der Waals surface area contributed by atoms with Gasteiger partial charge in [0.2, 0.25) is 0 Å². The van der Waals surface area contributed by atoms with Crippen molar-refractivity contribution in [3.63, 3.8) is 0 Å². The Morgan fingerprint density at radius 2 is 2.00 bits per heavy atom. The highest BCUT2D eigenvalue weighted by Gasteiger charge is 2.25. The standard InChI is InChI=1S/C20H22FN3/c1-15-22-20(19-10-4-5-12-24(15)19)17-8-6-11-23(14-17)13-16-7-2-3-9-18(16)21/h2-5,7,9-10,12,17H,6,8,11,13-14H2,1H3/t17-/m1/s1. The third kappa shape index (κ3) is 2.82. The van der Waals surface area contributed by atoms with E-state index in [-0.39, 0.29) is 5.82 Å². The Labute approximate surface area is 141 Å². The van der Waals surface area contributed by atoms with E-state index in [9.17, 15) is 4.39 Å². The molecule has 0 saturated carbocycles. The molecule has 1 aliphatic rings. The van der Waals surface area contributed by atoms with E-state index in [1.165, 1.54) is 11.2 Å². The first-order valence-corrected chi connectivity index (χ1v) is 8.62. The van der Waals surface area contributed by atoms with Gasteiger partial charge in [0.1, 0.15) is 11.6 Å². The Balaban J connectivity index is 1.57. The predicted molar refractivity (Wildman–Crippen MR) is 93.6 cm³/mol. The van der Waals surface area contributed by atoms with Crippen LogP contribution in [0.15, 0.2) is 48.7 Å². The van der Waals surface area contributed by atoms with E-state index in [2.05, 4.69) is 34.6 Å². The van der Waals surface area contributed by atoms with Crippen molar-refractivity contribution in [3.05, 3.63) is 71.6 Å². The number of pyridine rings is 1. The first kappa shape index (κ1) is 15.3. The molecule has 0 aliphatic carbocycles. The summed E-state index contributed by atoms with van der Waals surface area (Å²) in [4.78, 5) is 7.19. The van der Waals surface area contributed by atoms with E-state index in [0.717, 1.165) is 37.3 Å². The fourth-order valence-electron chi connectivity index (χ4n) is 3.81. The first-order chi connectivity index (χ1) is 11.7. The van der Waals surface area contributed by atoms with Gasteiger partial charge in [0.15, 0.2) is 0 Å². The van der Waals surface area contributed by atoms with Crippen molar-refractivity contribution < 1.29 is 4.39 Å². The molecule has 124 valence electrons. The minimum Gasteiger partial charge on any atom is -0.304 e. The zero-order valence-corrected chi connectivity index (χ0v) is 14.0. The number of halogens is 1. The van der Waals surface area contributed by atoms with Gasteiger partial charge in [-0.05, 0) is 44.5 Å². The smallest absolute Gasteiger partial charge is 0.127 e. The monoisotopic (exact) mass is 323 g/mol. The lowest BCUT2D eigenvalue weighted by atomic mass is 9.93. The molecule has 3 heterocycles. The number of piperidine rings is 1. The van der Waals surface area contributed by atoms with E-state index in [1.54, 1.807) is 12.1 Å². The molecule has 1 aromatic carbocycles. The average molecular weight is 323 g/mol. The lowest BCUT2D eigenvalue weighted by Crippen LogP contribution is -2.34. The lowest BCUT2D eigenvalue weighted by Gasteiger charge is -2.32. The Morgan fingerprint density at radius 3 is 2.88 bits per heavy atom. The molecule has 2 aromatic heterocycles. The van der Waals surface area contributed by atoms with Crippen molar-refractivity contribution in [1.82, 2.24) is 14.3 Å². The lowest BCUT2D eigenvalue weighted by molar-refractivity contribution is 0.197. The largest absolute Gasteiger partial charge is 0.304 e. The van der Waals surface area contributed by atoms with Crippen LogP contribution in [0.4, 0.5) is 4.39 Å². The van der Waals surface area contributed by atoms with Crippen molar-refractivity contribution in [2.45, 2.75) is 32.2 Å². The third-order valence-corrected chi connectivity index (χ3v) is 5.00. The Morgan fingerprint density at radius 1 is 1.17 bits per heavy atom.